The SMILES string of the molecule is CN(C)Cc1ccc(C(N)c2cccnc2)cc1. The number of nitrogens with zero attached hydrogens (tertiary/aromatic N) is 2. The third kappa shape index (κ3) is 3.15. The fourth-order valence-corrected chi connectivity index (χ4v) is 1.95. The lowest BCUT2D eigenvalue weighted by atomic mass is 10.00. The average molecular weight is 241 g/mol. The summed E-state index contributed by atoms with van der Waals surface area (Å²) in [4.78, 5) is 6.25. The smallest absolute Gasteiger partial charge is 0.0566 e. The first kappa shape index (κ1) is 12.7. The minimum absolute atomic E-state index is 0.105. The Bertz CT molecular complexity index is 477. The Kier molecular flexibility index (Phi) is 4.07. The fraction of sp³-hybridized carbons (Fsp3) is 0.267. The first-order valence-corrected chi connectivity index (χ1v) is 6.06. The van der Waals surface area contributed by atoms with Crippen molar-refractivity contribution in [2.45, 2.75) is 12.6 Å². The van der Waals surface area contributed by atoms with E-state index in [1.165, 1.54) is 5.56 Å². The molecule has 0 fully saturated rings. The molecule has 0 aliphatic carbocycles. The van der Waals surface area contributed by atoms with Crippen LogP contribution in [0.25, 0.3) is 0 Å². The average Bonchev–Trinajstić information content (AvgIpc) is 2.39. The zero-order chi connectivity index (χ0) is 13.0. The molecular weight excluding hydrogens is 222 g/mol. The molecule has 0 saturated heterocycles. The van der Waals surface area contributed by atoms with E-state index in [9.17, 15) is 0 Å². The van der Waals surface area contributed by atoms with E-state index >= 15 is 0 Å². The van der Waals surface area contributed by atoms with Gasteiger partial charge in [-0.3, -0.25) is 4.98 Å². The first-order valence-electron chi connectivity index (χ1n) is 6.06. The minimum atomic E-state index is -0.105. The standard InChI is InChI=1S/C15H19N3/c1-18(2)11-12-5-7-13(8-6-12)15(16)14-4-3-9-17-10-14/h3-10,15H,11,16H2,1-2H3. The van der Waals surface area contributed by atoms with E-state index in [1.54, 1.807) is 6.20 Å². The second-order valence-corrected chi connectivity index (χ2v) is 4.74. The second kappa shape index (κ2) is 5.76. The molecule has 94 valence electrons. The van der Waals surface area contributed by atoms with Gasteiger partial charge >= 0.3 is 0 Å². The summed E-state index contributed by atoms with van der Waals surface area (Å²) < 4.78 is 0. The second-order valence-electron chi connectivity index (χ2n) is 4.74. The van der Waals surface area contributed by atoms with Crippen molar-refractivity contribution in [2.24, 2.45) is 5.73 Å². The van der Waals surface area contributed by atoms with Gasteiger partial charge in [0.2, 0.25) is 0 Å². The van der Waals surface area contributed by atoms with Crippen LogP contribution in [0, 0.1) is 0 Å². The molecule has 3 heteroatoms. The normalized spacial score (nSPS) is 12.7. The van der Waals surface area contributed by atoms with Crippen LogP contribution >= 0.6 is 0 Å². The molecule has 2 aromatic rings. The molecule has 0 radical (unpaired) electrons. The Labute approximate surface area is 108 Å². The van der Waals surface area contributed by atoms with Gasteiger partial charge in [-0.15, -0.1) is 0 Å². The van der Waals surface area contributed by atoms with E-state index in [4.69, 9.17) is 5.73 Å². The third-order valence-corrected chi connectivity index (χ3v) is 2.88. The molecule has 0 aliphatic heterocycles. The van der Waals surface area contributed by atoms with Crippen molar-refractivity contribution >= 4 is 0 Å². The summed E-state index contributed by atoms with van der Waals surface area (Å²) in [6.07, 6.45) is 3.58. The number of benzene rings is 1. The van der Waals surface area contributed by atoms with Gasteiger partial charge in [0.15, 0.2) is 0 Å². The molecule has 0 saturated carbocycles. The molecule has 0 bridgehead atoms. The Morgan fingerprint density at radius 2 is 1.83 bits per heavy atom. The van der Waals surface area contributed by atoms with Gasteiger partial charge in [-0.25, -0.2) is 0 Å². The lowest BCUT2D eigenvalue weighted by molar-refractivity contribution is 0.402. The maximum absolute atomic E-state index is 6.22. The zero-order valence-corrected chi connectivity index (χ0v) is 10.9. The van der Waals surface area contributed by atoms with Crippen LogP contribution in [0.3, 0.4) is 0 Å². The maximum Gasteiger partial charge on any atom is 0.0566 e. The van der Waals surface area contributed by atoms with E-state index in [0.29, 0.717) is 0 Å². The van der Waals surface area contributed by atoms with Crippen molar-refractivity contribution in [3.05, 3.63) is 65.5 Å². The molecule has 1 unspecified atom stereocenters. The van der Waals surface area contributed by atoms with E-state index in [-0.39, 0.29) is 6.04 Å². The summed E-state index contributed by atoms with van der Waals surface area (Å²) in [5, 5.41) is 0. The molecule has 18 heavy (non-hydrogen) atoms. The highest BCUT2D eigenvalue weighted by molar-refractivity contribution is 5.31. The van der Waals surface area contributed by atoms with Crippen LogP contribution in [0.1, 0.15) is 22.7 Å². The predicted molar refractivity (Wildman–Crippen MR) is 74.1 cm³/mol. The number of hydrogen-bond acceptors (Lipinski definition) is 3. The van der Waals surface area contributed by atoms with Crippen LogP contribution in [0.2, 0.25) is 0 Å². The van der Waals surface area contributed by atoms with Crippen LogP contribution in [-0.2, 0) is 6.54 Å². The molecule has 0 aliphatic rings. The number of pyridine rings is 1. The van der Waals surface area contributed by atoms with Gasteiger partial charge in [0.05, 0.1) is 6.04 Å². The maximum atomic E-state index is 6.22. The van der Waals surface area contributed by atoms with Gasteiger partial charge in [-0.1, -0.05) is 30.3 Å². The summed E-state index contributed by atoms with van der Waals surface area (Å²) in [6, 6.07) is 12.3. The molecule has 1 aromatic carbocycles. The van der Waals surface area contributed by atoms with Crippen LogP contribution in [0.5, 0.6) is 0 Å². The Balaban J connectivity index is 2.14. The molecule has 1 heterocycles. The van der Waals surface area contributed by atoms with Crippen LogP contribution in [0.15, 0.2) is 48.8 Å². The molecule has 2 N–H and O–H groups in total. The third-order valence-electron chi connectivity index (χ3n) is 2.88. The highest BCUT2D eigenvalue weighted by Crippen LogP contribution is 2.19. The van der Waals surface area contributed by atoms with E-state index in [1.807, 2.05) is 18.3 Å². The van der Waals surface area contributed by atoms with Crippen LogP contribution < -0.4 is 5.73 Å². The van der Waals surface area contributed by atoms with Gasteiger partial charge in [-0.05, 0) is 36.9 Å². The number of hydrogen-bond donors (Lipinski definition) is 1. The van der Waals surface area contributed by atoms with Gasteiger partial charge in [0.1, 0.15) is 0 Å². The van der Waals surface area contributed by atoms with Crippen molar-refractivity contribution in [2.75, 3.05) is 14.1 Å². The van der Waals surface area contributed by atoms with Crippen molar-refractivity contribution in [3.63, 3.8) is 0 Å². The molecular formula is C15H19N3. The van der Waals surface area contributed by atoms with Crippen LogP contribution in [-0.4, -0.2) is 24.0 Å². The minimum Gasteiger partial charge on any atom is -0.320 e. The molecule has 0 amide bonds. The summed E-state index contributed by atoms with van der Waals surface area (Å²) in [6.45, 7) is 0.947. The summed E-state index contributed by atoms with van der Waals surface area (Å²) in [5.41, 5.74) is 9.67. The first-order chi connectivity index (χ1) is 8.66. The molecule has 0 spiro atoms. The highest BCUT2D eigenvalue weighted by atomic mass is 15.0. The van der Waals surface area contributed by atoms with Crippen molar-refractivity contribution in [3.8, 4) is 0 Å². The molecule has 1 atom stereocenters. The van der Waals surface area contributed by atoms with Crippen molar-refractivity contribution in [1.29, 1.82) is 0 Å². The van der Waals surface area contributed by atoms with Gasteiger partial charge < -0.3 is 10.6 Å². The highest BCUT2D eigenvalue weighted by Gasteiger charge is 2.08. The Morgan fingerprint density at radius 3 is 2.39 bits per heavy atom. The largest absolute Gasteiger partial charge is 0.320 e. The molecule has 3 nitrogen and oxygen atoms in total. The summed E-state index contributed by atoms with van der Waals surface area (Å²) in [5.74, 6) is 0. The number of aromatic nitrogens is 1. The Morgan fingerprint density at radius 1 is 1.11 bits per heavy atom. The van der Waals surface area contributed by atoms with Gasteiger partial charge in [0, 0.05) is 18.9 Å². The molecule has 2 rings (SSSR count). The zero-order valence-electron chi connectivity index (χ0n) is 10.9. The van der Waals surface area contributed by atoms with Crippen molar-refractivity contribution in [1.82, 2.24) is 9.88 Å². The molecule has 1 aromatic heterocycles. The van der Waals surface area contributed by atoms with E-state index in [0.717, 1.165) is 17.7 Å². The number of nitrogens with two attached hydrogens (primary N) is 1. The summed E-state index contributed by atoms with van der Waals surface area (Å²) in [7, 11) is 4.13. The quantitative estimate of drug-likeness (QED) is 0.892. The predicted octanol–water partition coefficient (Wildman–Crippen LogP) is 2.19. The van der Waals surface area contributed by atoms with E-state index < -0.39 is 0 Å². The Hall–Kier alpha value is -1.71. The number of rotatable bonds is 4. The van der Waals surface area contributed by atoms with Gasteiger partial charge in [-0.2, -0.15) is 0 Å². The fourth-order valence-electron chi connectivity index (χ4n) is 1.95. The lowest BCUT2D eigenvalue weighted by Crippen LogP contribution is -2.13. The van der Waals surface area contributed by atoms with Crippen LogP contribution in [0.4, 0.5) is 0 Å². The van der Waals surface area contributed by atoms with E-state index in [2.05, 4.69) is 48.2 Å². The monoisotopic (exact) mass is 241 g/mol. The summed E-state index contributed by atoms with van der Waals surface area (Å²) >= 11 is 0. The lowest BCUT2D eigenvalue weighted by Gasteiger charge is -2.14. The van der Waals surface area contributed by atoms with Crippen molar-refractivity contribution < 1.29 is 0 Å². The van der Waals surface area contributed by atoms with Gasteiger partial charge in [0.25, 0.3) is 0 Å². The topological polar surface area (TPSA) is 42.1 Å².